The Labute approximate surface area is 187 Å². The lowest BCUT2D eigenvalue weighted by molar-refractivity contribution is 0.283. The van der Waals surface area contributed by atoms with Gasteiger partial charge < -0.3 is 14.8 Å². The number of methoxy groups -OCH3 is 1. The predicted molar refractivity (Wildman–Crippen MR) is 125 cm³/mol. The molecule has 0 bridgehead atoms. The van der Waals surface area contributed by atoms with Gasteiger partial charge in [0.2, 0.25) is 5.78 Å². The summed E-state index contributed by atoms with van der Waals surface area (Å²) in [5.74, 6) is 2.23. The average molecular weight is 427 g/mol. The normalized spacial score (nSPS) is 15.8. The molecule has 4 aromatic rings. The molecule has 3 heterocycles. The number of rotatable bonds is 6. The average Bonchev–Trinajstić information content (AvgIpc) is 3.23. The van der Waals surface area contributed by atoms with Gasteiger partial charge in [0.05, 0.1) is 25.0 Å². The second kappa shape index (κ2) is 8.85. The maximum absolute atomic E-state index is 6.11. The fourth-order valence-electron chi connectivity index (χ4n) is 4.08. The van der Waals surface area contributed by atoms with Gasteiger partial charge in [0.25, 0.3) is 0 Å². The molecule has 6 nitrogen and oxygen atoms in total. The van der Waals surface area contributed by atoms with Gasteiger partial charge in [-0.15, -0.1) is 0 Å². The first kappa shape index (κ1) is 20.3. The molecule has 1 atom stereocenters. The Kier molecular flexibility index (Phi) is 5.60. The first-order valence-electron chi connectivity index (χ1n) is 10.8. The second-order valence-corrected chi connectivity index (χ2v) is 8.00. The fourth-order valence-corrected chi connectivity index (χ4v) is 4.08. The lowest BCUT2D eigenvalue weighted by atomic mass is 9.93. The minimum atomic E-state index is 0.0825. The van der Waals surface area contributed by atoms with E-state index in [1.807, 2.05) is 41.9 Å². The molecule has 1 unspecified atom stereocenters. The molecular weight excluding hydrogens is 400 g/mol. The number of nitrogens with zero attached hydrogens (tertiary/aromatic N) is 3. The Morgan fingerprint density at radius 1 is 1.12 bits per heavy atom. The van der Waals surface area contributed by atoms with Crippen LogP contribution in [-0.2, 0) is 13.0 Å². The number of hydrogen-bond donors (Lipinski definition) is 1. The predicted octanol–water partition coefficient (Wildman–Crippen LogP) is 4.53. The molecule has 6 heteroatoms. The Bertz CT molecular complexity index is 1260. The maximum atomic E-state index is 6.11. The van der Waals surface area contributed by atoms with E-state index in [9.17, 15) is 0 Å². The van der Waals surface area contributed by atoms with E-state index in [-0.39, 0.29) is 6.04 Å². The van der Waals surface area contributed by atoms with Crippen LogP contribution >= 0.6 is 0 Å². The molecule has 0 radical (unpaired) electrons. The van der Waals surface area contributed by atoms with Crippen LogP contribution in [-0.4, -0.2) is 28.0 Å². The van der Waals surface area contributed by atoms with Gasteiger partial charge in [0.1, 0.15) is 6.61 Å². The quantitative estimate of drug-likeness (QED) is 0.491. The summed E-state index contributed by atoms with van der Waals surface area (Å²) >= 11 is 0. The van der Waals surface area contributed by atoms with Crippen LogP contribution in [0.15, 0.2) is 67.1 Å². The number of ether oxygens (including phenoxy) is 2. The van der Waals surface area contributed by atoms with E-state index >= 15 is 0 Å². The molecule has 32 heavy (non-hydrogen) atoms. The van der Waals surface area contributed by atoms with E-state index in [4.69, 9.17) is 9.47 Å². The molecule has 1 aliphatic heterocycles. The molecule has 0 fully saturated rings. The third-order valence-corrected chi connectivity index (χ3v) is 5.74. The van der Waals surface area contributed by atoms with Gasteiger partial charge in [-0.2, -0.15) is 0 Å². The zero-order chi connectivity index (χ0) is 21.9. The van der Waals surface area contributed by atoms with Gasteiger partial charge in [-0.1, -0.05) is 36.4 Å². The van der Waals surface area contributed by atoms with Gasteiger partial charge in [-0.25, -0.2) is 9.97 Å². The summed E-state index contributed by atoms with van der Waals surface area (Å²) < 4.78 is 13.8. The molecule has 5 rings (SSSR count). The Morgan fingerprint density at radius 2 is 1.97 bits per heavy atom. The summed E-state index contributed by atoms with van der Waals surface area (Å²) in [5, 5.41) is 3.60. The minimum Gasteiger partial charge on any atom is -0.493 e. The first-order valence-corrected chi connectivity index (χ1v) is 10.8. The smallest absolute Gasteiger partial charge is 0.234 e. The number of hydrogen-bond acceptors (Lipinski definition) is 5. The van der Waals surface area contributed by atoms with Crippen LogP contribution in [0, 0.1) is 6.92 Å². The zero-order valence-corrected chi connectivity index (χ0v) is 18.3. The van der Waals surface area contributed by atoms with Crippen molar-refractivity contribution in [1.82, 2.24) is 19.7 Å². The molecule has 0 aliphatic carbocycles. The Balaban J connectivity index is 1.41. The molecular formula is C26H26N4O2. The van der Waals surface area contributed by atoms with Crippen LogP contribution in [0.4, 0.5) is 0 Å². The van der Waals surface area contributed by atoms with E-state index in [0.717, 1.165) is 41.3 Å². The van der Waals surface area contributed by atoms with Crippen molar-refractivity contribution in [2.24, 2.45) is 0 Å². The maximum Gasteiger partial charge on any atom is 0.234 e. The third kappa shape index (κ3) is 4.09. The number of benzene rings is 2. The molecule has 0 saturated carbocycles. The van der Waals surface area contributed by atoms with Crippen molar-refractivity contribution in [3.05, 3.63) is 95.1 Å². The number of aryl methyl sites for hydroxylation is 1. The van der Waals surface area contributed by atoms with Crippen LogP contribution in [0.2, 0.25) is 0 Å². The monoisotopic (exact) mass is 426 g/mol. The summed E-state index contributed by atoms with van der Waals surface area (Å²) in [4.78, 5) is 8.77. The van der Waals surface area contributed by atoms with E-state index in [1.54, 1.807) is 7.11 Å². The summed E-state index contributed by atoms with van der Waals surface area (Å²) in [6, 6.07) is 14.5. The van der Waals surface area contributed by atoms with Crippen molar-refractivity contribution in [2.45, 2.75) is 26.0 Å². The molecule has 162 valence electrons. The topological polar surface area (TPSA) is 60.7 Å². The van der Waals surface area contributed by atoms with E-state index < -0.39 is 0 Å². The van der Waals surface area contributed by atoms with Gasteiger partial charge in [-0.05, 0) is 53.8 Å². The first-order chi connectivity index (χ1) is 15.7. The van der Waals surface area contributed by atoms with Crippen molar-refractivity contribution >= 4 is 11.9 Å². The van der Waals surface area contributed by atoms with Crippen molar-refractivity contribution in [2.75, 3.05) is 13.7 Å². The molecule has 2 aromatic carbocycles. The fraction of sp³-hybridized carbons (Fsp3) is 0.231. The van der Waals surface area contributed by atoms with Crippen molar-refractivity contribution in [1.29, 1.82) is 0 Å². The number of aromatic nitrogens is 3. The van der Waals surface area contributed by atoms with Gasteiger partial charge in [0, 0.05) is 18.9 Å². The van der Waals surface area contributed by atoms with Gasteiger partial charge >= 0.3 is 0 Å². The van der Waals surface area contributed by atoms with Crippen LogP contribution in [0.3, 0.4) is 0 Å². The zero-order valence-electron chi connectivity index (χ0n) is 18.3. The van der Waals surface area contributed by atoms with Crippen LogP contribution < -0.4 is 14.8 Å². The number of imidazole rings is 1. The van der Waals surface area contributed by atoms with Crippen molar-refractivity contribution < 1.29 is 9.47 Å². The summed E-state index contributed by atoms with van der Waals surface area (Å²) in [5.41, 5.74) is 5.71. The summed E-state index contributed by atoms with van der Waals surface area (Å²) in [6.45, 7) is 3.45. The van der Waals surface area contributed by atoms with Crippen LogP contribution in [0.5, 0.6) is 11.5 Å². The van der Waals surface area contributed by atoms with Crippen LogP contribution in [0.1, 0.15) is 34.0 Å². The highest BCUT2D eigenvalue weighted by Gasteiger charge is 2.21. The highest BCUT2D eigenvalue weighted by Crippen LogP contribution is 2.36. The Hall–Kier alpha value is -3.64. The molecule has 2 aromatic heterocycles. The molecule has 1 aliphatic rings. The van der Waals surface area contributed by atoms with E-state index in [1.165, 1.54) is 11.1 Å². The highest BCUT2D eigenvalue weighted by atomic mass is 16.5. The standard InChI is InChI=1S/C26H26N4O2/c1-18-14-28-26-29-15-21(30(26)16-18)8-9-23-22-13-24(31-2)25(12-20(22)10-11-27-23)32-17-19-6-4-3-5-7-19/h3-9,12-16,23,27H,10-11,17H2,1-2H3/b9-8+. The second-order valence-electron chi connectivity index (χ2n) is 8.00. The SMILES string of the molecule is COc1cc2c(cc1OCc1ccccc1)CCNC2/C=C/c1cnc2ncc(C)cn12. The highest BCUT2D eigenvalue weighted by molar-refractivity contribution is 5.54. The van der Waals surface area contributed by atoms with Crippen molar-refractivity contribution in [3.63, 3.8) is 0 Å². The molecule has 0 amide bonds. The largest absolute Gasteiger partial charge is 0.493 e. The van der Waals surface area contributed by atoms with E-state index in [2.05, 4.69) is 57.9 Å². The summed E-state index contributed by atoms with van der Waals surface area (Å²) in [7, 11) is 1.69. The summed E-state index contributed by atoms with van der Waals surface area (Å²) in [6.07, 6.45) is 11.0. The Morgan fingerprint density at radius 3 is 2.81 bits per heavy atom. The van der Waals surface area contributed by atoms with Gasteiger partial charge in [-0.3, -0.25) is 4.40 Å². The number of nitrogens with one attached hydrogen (secondary N) is 1. The van der Waals surface area contributed by atoms with Gasteiger partial charge in [0.15, 0.2) is 11.5 Å². The minimum absolute atomic E-state index is 0.0825. The van der Waals surface area contributed by atoms with E-state index in [0.29, 0.717) is 12.4 Å². The lowest BCUT2D eigenvalue weighted by Crippen LogP contribution is -2.28. The molecule has 0 saturated heterocycles. The third-order valence-electron chi connectivity index (χ3n) is 5.74. The number of fused-ring (bicyclic) bond motifs is 2. The molecule has 0 spiro atoms. The van der Waals surface area contributed by atoms with Crippen LogP contribution in [0.25, 0.3) is 11.9 Å². The molecule has 1 N–H and O–H groups in total. The van der Waals surface area contributed by atoms with Crippen molar-refractivity contribution in [3.8, 4) is 11.5 Å². The lowest BCUT2D eigenvalue weighted by Gasteiger charge is -2.26.